The van der Waals surface area contributed by atoms with Gasteiger partial charge in [-0.3, -0.25) is 13.9 Å². The van der Waals surface area contributed by atoms with Gasteiger partial charge in [0.15, 0.2) is 0 Å². The number of hydrogen-bond donors (Lipinski definition) is 1. The normalized spacial score (nSPS) is 13.7. The number of hydrogen-bond acceptors (Lipinski definition) is 4. The summed E-state index contributed by atoms with van der Waals surface area (Å²) in [5.74, 6) is -0.546. The van der Waals surface area contributed by atoms with E-state index < -0.39 is 22.5 Å². The van der Waals surface area contributed by atoms with Crippen molar-refractivity contribution in [3.8, 4) is 0 Å². The van der Waals surface area contributed by atoms with E-state index in [1.165, 1.54) is 24.3 Å². The van der Waals surface area contributed by atoms with Crippen molar-refractivity contribution in [3.05, 3.63) is 82.3 Å². The second-order valence-corrected chi connectivity index (χ2v) is 10.7. The highest BCUT2D eigenvalue weighted by Gasteiger charge is 2.29. The van der Waals surface area contributed by atoms with Crippen LogP contribution in [0.15, 0.2) is 71.6 Å². The molecular formula is C25H23Cl2N3O4S. The summed E-state index contributed by atoms with van der Waals surface area (Å²) in [7, 11) is -4.14. The van der Waals surface area contributed by atoms with E-state index in [0.717, 1.165) is 22.0 Å². The van der Waals surface area contributed by atoms with Gasteiger partial charge < -0.3 is 10.2 Å². The van der Waals surface area contributed by atoms with Crippen molar-refractivity contribution in [1.29, 1.82) is 0 Å². The molecule has 7 nitrogen and oxygen atoms in total. The predicted octanol–water partition coefficient (Wildman–Crippen LogP) is 5.26. The third-order valence-electron chi connectivity index (χ3n) is 5.68. The monoisotopic (exact) mass is 531 g/mol. The number of aryl methyl sites for hydroxylation is 1. The molecule has 1 fully saturated rings. The fraction of sp³-hybridized carbons (Fsp3) is 0.200. The summed E-state index contributed by atoms with van der Waals surface area (Å²) < 4.78 is 27.9. The van der Waals surface area contributed by atoms with Crippen molar-refractivity contribution in [1.82, 2.24) is 0 Å². The molecule has 35 heavy (non-hydrogen) atoms. The first-order valence-corrected chi connectivity index (χ1v) is 13.1. The SMILES string of the molecule is Cc1ccc(NC(=O)CN(c2cccc(Cl)c2Cl)S(=O)(=O)c2ccccc2)cc1N1CCCC1=O. The number of nitrogens with one attached hydrogen (secondary N) is 1. The van der Waals surface area contributed by atoms with Gasteiger partial charge >= 0.3 is 0 Å². The maximum Gasteiger partial charge on any atom is 0.264 e. The molecular weight excluding hydrogens is 509 g/mol. The van der Waals surface area contributed by atoms with Crippen LogP contribution in [0.3, 0.4) is 0 Å². The van der Waals surface area contributed by atoms with Crippen molar-refractivity contribution in [2.24, 2.45) is 0 Å². The molecule has 10 heteroatoms. The van der Waals surface area contributed by atoms with Crippen LogP contribution in [0.1, 0.15) is 18.4 Å². The van der Waals surface area contributed by atoms with Crippen molar-refractivity contribution in [2.45, 2.75) is 24.7 Å². The van der Waals surface area contributed by atoms with Gasteiger partial charge in [-0.05, 0) is 55.3 Å². The van der Waals surface area contributed by atoms with Crippen LogP contribution in [0.4, 0.5) is 17.1 Å². The molecule has 2 amide bonds. The first-order valence-electron chi connectivity index (χ1n) is 10.9. The van der Waals surface area contributed by atoms with Crippen LogP contribution in [0.25, 0.3) is 0 Å². The van der Waals surface area contributed by atoms with Crippen LogP contribution in [0.2, 0.25) is 10.0 Å². The molecule has 0 spiro atoms. The van der Waals surface area contributed by atoms with Gasteiger partial charge in [-0.1, -0.05) is 53.5 Å². The Labute approximate surface area is 214 Å². The van der Waals surface area contributed by atoms with Gasteiger partial charge in [0.2, 0.25) is 11.8 Å². The maximum absolute atomic E-state index is 13.5. The Morgan fingerprint density at radius 2 is 1.80 bits per heavy atom. The fourth-order valence-electron chi connectivity index (χ4n) is 3.92. The van der Waals surface area contributed by atoms with Gasteiger partial charge in [0.05, 0.1) is 20.6 Å². The van der Waals surface area contributed by atoms with E-state index in [1.807, 2.05) is 13.0 Å². The van der Waals surface area contributed by atoms with Crippen molar-refractivity contribution in [3.63, 3.8) is 0 Å². The molecule has 1 N–H and O–H groups in total. The van der Waals surface area contributed by atoms with Crippen LogP contribution in [-0.2, 0) is 19.6 Å². The van der Waals surface area contributed by atoms with Gasteiger partial charge in [0.1, 0.15) is 6.54 Å². The lowest BCUT2D eigenvalue weighted by molar-refractivity contribution is -0.117. The number of sulfonamides is 1. The zero-order valence-electron chi connectivity index (χ0n) is 18.9. The lowest BCUT2D eigenvalue weighted by Crippen LogP contribution is -2.38. The van der Waals surface area contributed by atoms with E-state index in [2.05, 4.69) is 5.32 Å². The molecule has 1 aliphatic rings. The standard InChI is InChI=1S/C25H23Cl2N3O4S/c1-17-12-13-18(15-22(17)29-14-6-11-24(29)32)28-23(31)16-30(21-10-5-9-20(26)25(21)27)35(33,34)19-7-3-2-4-8-19/h2-5,7-10,12-13,15H,6,11,14,16H2,1H3,(H,28,31). The average molecular weight is 532 g/mol. The van der Waals surface area contributed by atoms with Gasteiger partial charge in [-0.2, -0.15) is 0 Å². The zero-order valence-corrected chi connectivity index (χ0v) is 21.2. The number of rotatable bonds is 7. The molecule has 0 unspecified atom stereocenters. The number of carbonyl (C=O) groups is 2. The summed E-state index contributed by atoms with van der Waals surface area (Å²) in [6.07, 6.45) is 1.27. The van der Waals surface area contributed by atoms with Crippen molar-refractivity contribution >= 4 is 62.1 Å². The minimum Gasteiger partial charge on any atom is -0.324 e. The van der Waals surface area contributed by atoms with Crippen molar-refractivity contribution in [2.75, 3.05) is 27.6 Å². The Morgan fingerprint density at radius 3 is 2.49 bits per heavy atom. The molecule has 1 aliphatic heterocycles. The molecule has 0 aliphatic carbocycles. The molecule has 3 aromatic carbocycles. The number of nitrogens with zero attached hydrogens (tertiary/aromatic N) is 2. The van der Waals surface area contributed by atoms with Crippen molar-refractivity contribution < 1.29 is 18.0 Å². The third kappa shape index (κ3) is 5.29. The van der Waals surface area contributed by atoms with Gasteiger partial charge in [-0.15, -0.1) is 0 Å². The molecule has 3 aromatic rings. The predicted molar refractivity (Wildman–Crippen MR) is 139 cm³/mol. The molecule has 4 rings (SSSR count). The number of anilines is 3. The largest absolute Gasteiger partial charge is 0.324 e. The first kappa shape index (κ1) is 25.0. The highest BCUT2D eigenvalue weighted by atomic mass is 35.5. The van der Waals surface area contributed by atoms with Crippen LogP contribution in [0.5, 0.6) is 0 Å². The van der Waals surface area contributed by atoms with E-state index in [4.69, 9.17) is 23.2 Å². The highest BCUT2D eigenvalue weighted by molar-refractivity contribution is 7.92. The molecule has 1 saturated heterocycles. The van der Waals surface area contributed by atoms with Gasteiger partial charge in [0, 0.05) is 24.3 Å². The van der Waals surface area contributed by atoms with Gasteiger partial charge in [0.25, 0.3) is 10.0 Å². The molecule has 0 bridgehead atoms. The van der Waals surface area contributed by atoms with E-state index in [1.54, 1.807) is 41.3 Å². The maximum atomic E-state index is 13.5. The quantitative estimate of drug-likeness (QED) is 0.450. The molecule has 0 aromatic heterocycles. The topological polar surface area (TPSA) is 86.8 Å². The Balaban J connectivity index is 1.65. The summed E-state index contributed by atoms with van der Waals surface area (Å²) in [5, 5.41) is 2.93. The van der Waals surface area contributed by atoms with Crippen LogP contribution in [0, 0.1) is 6.92 Å². The van der Waals surface area contributed by atoms with E-state index in [-0.39, 0.29) is 26.5 Å². The Morgan fingerprint density at radius 1 is 1.06 bits per heavy atom. The minimum atomic E-state index is -4.14. The lowest BCUT2D eigenvalue weighted by atomic mass is 10.1. The molecule has 0 radical (unpaired) electrons. The summed E-state index contributed by atoms with van der Waals surface area (Å²) in [4.78, 5) is 27.0. The fourth-order valence-corrected chi connectivity index (χ4v) is 5.82. The number of amides is 2. The Hall–Kier alpha value is -3.07. The Kier molecular flexibility index (Phi) is 7.35. The van der Waals surface area contributed by atoms with Crippen LogP contribution >= 0.6 is 23.2 Å². The summed E-state index contributed by atoms with van der Waals surface area (Å²) >= 11 is 12.5. The van der Waals surface area contributed by atoms with E-state index in [0.29, 0.717) is 18.7 Å². The third-order valence-corrected chi connectivity index (χ3v) is 8.26. The molecule has 0 saturated carbocycles. The van der Waals surface area contributed by atoms with Crippen LogP contribution < -0.4 is 14.5 Å². The lowest BCUT2D eigenvalue weighted by Gasteiger charge is -2.25. The summed E-state index contributed by atoms with van der Waals surface area (Å²) in [6, 6.07) is 17.6. The van der Waals surface area contributed by atoms with E-state index >= 15 is 0 Å². The Bertz CT molecular complexity index is 1380. The number of halogens is 2. The van der Waals surface area contributed by atoms with Gasteiger partial charge in [-0.25, -0.2) is 8.42 Å². The zero-order chi connectivity index (χ0) is 25.2. The van der Waals surface area contributed by atoms with Crippen LogP contribution in [-0.4, -0.2) is 33.3 Å². The summed E-state index contributed by atoms with van der Waals surface area (Å²) in [5.41, 5.74) is 2.16. The summed E-state index contributed by atoms with van der Waals surface area (Å²) in [6.45, 7) is 1.97. The number of benzene rings is 3. The molecule has 0 atom stereocenters. The smallest absolute Gasteiger partial charge is 0.264 e. The second-order valence-electron chi connectivity index (χ2n) is 8.10. The number of carbonyl (C=O) groups excluding carboxylic acids is 2. The minimum absolute atomic E-state index is 0.00834. The second kappa shape index (κ2) is 10.3. The first-order chi connectivity index (χ1) is 16.7. The average Bonchev–Trinajstić information content (AvgIpc) is 3.27. The highest BCUT2D eigenvalue weighted by Crippen LogP contribution is 2.35. The molecule has 1 heterocycles. The molecule has 182 valence electrons. The van der Waals surface area contributed by atoms with E-state index in [9.17, 15) is 18.0 Å².